The van der Waals surface area contributed by atoms with E-state index in [9.17, 15) is 9.59 Å². The molecule has 0 radical (unpaired) electrons. The number of aromatic amines is 1. The molecule has 108 valence electrons. The van der Waals surface area contributed by atoms with Crippen LogP contribution in [-0.4, -0.2) is 37.1 Å². The Morgan fingerprint density at radius 3 is 2.81 bits per heavy atom. The molecule has 3 N–H and O–H groups in total. The third-order valence-electron chi connectivity index (χ3n) is 3.17. The van der Waals surface area contributed by atoms with Gasteiger partial charge in [0.2, 0.25) is 5.82 Å². The number of hydrogen-bond acceptors (Lipinski definition) is 5. The van der Waals surface area contributed by atoms with E-state index < -0.39 is 5.97 Å². The van der Waals surface area contributed by atoms with Crippen molar-refractivity contribution in [3.8, 4) is 0 Å². The van der Waals surface area contributed by atoms with Crippen LogP contribution in [0.15, 0.2) is 18.3 Å². The maximum absolute atomic E-state index is 11.9. The first-order chi connectivity index (χ1) is 10.1. The molecule has 0 aromatic carbocycles. The van der Waals surface area contributed by atoms with E-state index in [1.54, 1.807) is 6.07 Å². The van der Waals surface area contributed by atoms with Gasteiger partial charge in [-0.25, -0.2) is 14.8 Å². The summed E-state index contributed by atoms with van der Waals surface area (Å²) in [6, 6.07) is 2.99. The SMILES string of the molecule is O=C(O)c1ccc(CNC(=O)c2n[nH]c(C3CC3)n2)cn1. The van der Waals surface area contributed by atoms with Crippen LogP contribution in [0.3, 0.4) is 0 Å². The number of H-pyrrole nitrogens is 1. The first-order valence-corrected chi connectivity index (χ1v) is 6.52. The zero-order valence-corrected chi connectivity index (χ0v) is 11.0. The Hall–Kier alpha value is -2.77. The number of rotatable bonds is 5. The number of carbonyl (C=O) groups excluding carboxylic acids is 1. The highest BCUT2D eigenvalue weighted by Gasteiger charge is 2.28. The van der Waals surface area contributed by atoms with Crippen LogP contribution in [0.4, 0.5) is 0 Å². The number of carboxylic acids is 1. The van der Waals surface area contributed by atoms with E-state index in [-0.39, 0.29) is 24.0 Å². The van der Waals surface area contributed by atoms with Gasteiger partial charge >= 0.3 is 5.97 Å². The normalized spacial score (nSPS) is 13.9. The fourth-order valence-electron chi connectivity index (χ4n) is 1.83. The van der Waals surface area contributed by atoms with Crippen molar-refractivity contribution in [1.82, 2.24) is 25.5 Å². The minimum atomic E-state index is -1.08. The number of nitrogens with zero attached hydrogens (tertiary/aromatic N) is 3. The van der Waals surface area contributed by atoms with Crippen molar-refractivity contribution in [3.63, 3.8) is 0 Å². The molecule has 2 aromatic rings. The molecule has 0 bridgehead atoms. The topological polar surface area (TPSA) is 121 Å². The zero-order valence-electron chi connectivity index (χ0n) is 11.0. The molecule has 1 fully saturated rings. The molecular weight excluding hydrogens is 274 g/mol. The predicted octanol–water partition coefficient (Wildman–Crippen LogP) is 0.705. The van der Waals surface area contributed by atoms with Crippen molar-refractivity contribution >= 4 is 11.9 Å². The Morgan fingerprint density at radius 1 is 1.38 bits per heavy atom. The van der Waals surface area contributed by atoms with Gasteiger partial charge in [0.15, 0.2) is 0 Å². The summed E-state index contributed by atoms with van der Waals surface area (Å²) in [6.07, 6.45) is 3.58. The van der Waals surface area contributed by atoms with Crippen molar-refractivity contribution in [2.75, 3.05) is 0 Å². The smallest absolute Gasteiger partial charge is 0.354 e. The highest BCUT2D eigenvalue weighted by molar-refractivity contribution is 5.90. The van der Waals surface area contributed by atoms with Crippen molar-refractivity contribution in [2.24, 2.45) is 0 Å². The molecular formula is C13H13N5O3. The average molecular weight is 287 g/mol. The number of nitrogens with one attached hydrogen (secondary N) is 2. The maximum atomic E-state index is 11.9. The van der Waals surface area contributed by atoms with Gasteiger partial charge in [-0.15, -0.1) is 5.10 Å². The number of aromatic carboxylic acids is 1. The van der Waals surface area contributed by atoms with Gasteiger partial charge in [-0.3, -0.25) is 9.89 Å². The number of amides is 1. The summed E-state index contributed by atoms with van der Waals surface area (Å²) in [4.78, 5) is 30.5. The molecule has 2 heterocycles. The second kappa shape index (κ2) is 5.31. The Morgan fingerprint density at radius 2 is 2.19 bits per heavy atom. The summed E-state index contributed by atoms with van der Waals surface area (Å²) < 4.78 is 0. The van der Waals surface area contributed by atoms with Crippen LogP contribution in [0.1, 0.15) is 51.3 Å². The van der Waals surface area contributed by atoms with Crippen LogP contribution in [-0.2, 0) is 6.54 Å². The van der Waals surface area contributed by atoms with E-state index in [1.165, 1.54) is 12.3 Å². The molecule has 21 heavy (non-hydrogen) atoms. The van der Waals surface area contributed by atoms with E-state index in [1.807, 2.05) is 0 Å². The molecule has 0 unspecified atom stereocenters. The fraction of sp³-hybridized carbons (Fsp3) is 0.308. The third-order valence-corrected chi connectivity index (χ3v) is 3.17. The van der Waals surface area contributed by atoms with Crippen LogP contribution in [0.25, 0.3) is 0 Å². The van der Waals surface area contributed by atoms with Gasteiger partial charge in [0.25, 0.3) is 5.91 Å². The minimum Gasteiger partial charge on any atom is -0.477 e. The molecule has 1 saturated carbocycles. The highest BCUT2D eigenvalue weighted by atomic mass is 16.4. The zero-order chi connectivity index (χ0) is 14.8. The van der Waals surface area contributed by atoms with Gasteiger partial charge in [-0.1, -0.05) is 6.07 Å². The van der Waals surface area contributed by atoms with E-state index in [0.29, 0.717) is 11.5 Å². The van der Waals surface area contributed by atoms with Crippen LogP contribution in [0.5, 0.6) is 0 Å². The molecule has 0 aliphatic heterocycles. The van der Waals surface area contributed by atoms with E-state index in [4.69, 9.17) is 5.11 Å². The molecule has 8 heteroatoms. The van der Waals surface area contributed by atoms with Crippen molar-refractivity contribution < 1.29 is 14.7 Å². The van der Waals surface area contributed by atoms with E-state index in [0.717, 1.165) is 18.7 Å². The molecule has 3 rings (SSSR count). The molecule has 1 aliphatic rings. The van der Waals surface area contributed by atoms with E-state index >= 15 is 0 Å². The number of aromatic nitrogens is 4. The van der Waals surface area contributed by atoms with Crippen molar-refractivity contribution in [2.45, 2.75) is 25.3 Å². The third kappa shape index (κ3) is 3.04. The second-order valence-corrected chi connectivity index (χ2v) is 4.86. The van der Waals surface area contributed by atoms with Crippen molar-refractivity contribution in [3.05, 3.63) is 41.2 Å². The first kappa shape index (κ1) is 13.2. The van der Waals surface area contributed by atoms with Gasteiger partial charge in [-0.05, 0) is 24.5 Å². The Bertz CT molecular complexity index is 675. The summed E-state index contributed by atoms with van der Waals surface area (Å²) in [6.45, 7) is 0.235. The van der Waals surface area contributed by atoms with Gasteiger partial charge < -0.3 is 10.4 Å². The Labute approximate surface area is 119 Å². The highest BCUT2D eigenvalue weighted by Crippen LogP contribution is 2.37. The lowest BCUT2D eigenvalue weighted by atomic mass is 10.2. The summed E-state index contributed by atoms with van der Waals surface area (Å²) in [5.74, 6) is -0.175. The molecule has 1 aliphatic carbocycles. The lowest BCUT2D eigenvalue weighted by Gasteiger charge is -2.02. The summed E-state index contributed by atoms with van der Waals surface area (Å²) in [5, 5.41) is 18.1. The fourth-order valence-corrected chi connectivity index (χ4v) is 1.83. The van der Waals surface area contributed by atoms with Gasteiger partial charge in [-0.2, -0.15) is 0 Å². The standard InChI is InChI=1S/C13H13N5O3/c19-12(11-16-10(17-18-11)8-2-3-8)15-6-7-1-4-9(13(20)21)14-5-7/h1,4-5,8H,2-3,6H2,(H,15,19)(H,20,21)(H,16,17,18). The Balaban J connectivity index is 1.58. The monoisotopic (exact) mass is 287 g/mol. The van der Waals surface area contributed by atoms with Crippen molar-refractivity contribution in [1.29, 1.82) is 0 Å². The lowest BCUT2D eigenvalue weighted by molar-refractivity contribution is 0.0690. The Kier molecular flexibility index (Phi) is 3.35. The van der Waals surface area contributed by atoms with Crippen LogP contribution >= 0.6 is 0 Å². The largest absolute Gasteiger partial charge is 0.477 e. The molecule has 0 spiro atoms. The predicted molar refractivity (Wildman–Crippen MR) is 70.7 cm³/mol. The summed E-state index contributed by atoms with van der Waals surface area (Å²) in [5.41, 5.74) is 0.666. The van der Waals surface area contributed by atoms with E-state index in [2.05, 4.69) is 25.5 Å². The van der Waals surface area contributed by atoms with Crippen LogP contribution in [0, 0.1) is 0 Å². The van der Waals surface area contributed by atoms with Gasteiger partial charge in [0, 0.05) is 18.7 Å². The van der Waals surface area contributed by atoms with Gasteiger partial charge in [0.1, 0.15) is 11.5 Å². The number of carbonyl (C=O) groups is 2. The lowest BCUT2D eigenvalue weighted by Crippen LogP contribution is -2.24. The maximum Gasteiger partial charge on any atom is 0.354 e. The van der Waals surface area contributed by atoms with Crippen LogP contribution in [0.2, 0.25) is 0 Å². The summed E-state index contributed by atoms with van der Waals surface area (Å²) in [7, 11) is 0. The molecule has 2 aromatic heterocycles. The quantitative estimate of drug-likeness (QED) is 0.744. The minimum absolute atomic E-state index is 0.0341. The molecule has 0 atom stereocenters. The van der Waals surface area contributed by atoms with Gasteiger partial charge in [0.05, 0.1) is 0 Å². The first-order valence-electron chi connectivity index (χ1n) is 6.52. The molecule has 0 saturated heterocycles. The number of carboxylic acid groups (broad SMARTS) is 1. The molecule has 1 amide bonds. The average Bonchev–Trinajstić information content (AvgIpc) is 3.22. The summed E-state index contributed by atoms with van der Waals surface area (Å²) >= 11 is 0. The number of pyridine rings is 1. The number of hydrogen-bond donors (Lipinski definition) is 3. The second-order valence-electron chi connectivity index (χ2n) is 4.86. The van der Waals surface area contributed by atoms with Crippen LogP contribution < -0.4 is 5.32 Å². The molecule has 8 nitrogen and oxygen atoms in total.